The summed E-state index contributed by atoms with van der Waals surface area (Å²) in [5, 5.41) is 8.88. The zero-order valence-corrected chi connectivity index (χ0v) is 10.4. The molecule has 0 heterocycles. The summed E-state index contributed by atoms with van der Waals surface area (Å²) in [4.78, 5) is 22.1. The largest absolute Gasteiger partial charge is 0.513 e. The lowest BCUT2D eigenvalue weighted by atomic mass is 10.2. The van der Waals surface area contributed by atoms with Crippen LogP contribution in [0.3, 0.4) is 0 Å². The van der Waals surface area contributed by atoms with Crippen LogP contribution in [0.5, 0.6) is 5.75 Å². The number of para-hydroxylation sites is 1. The molecule has 1 aromatic rings. The molecule has 0 atom stereocenters. The standard InChI is InChI=1S/C12H13ClO5/c13-7-3-4-8-17-12(16)18-10-6-2-1-5-9(10)11(14)15/h1-2,5-6H,3-4,7-8H2,(H,14,15). The fourth-order valence-electron chi connectivity index (χ4n) is 1.20. The van der Waals surface area contributed by atoms with Crippen LogP contribution in [0.25, 0.3) is 0 Å². The second kappa shape index (κ2) is 7.55. The Morgan fingerprint density at radius 2 is 1.94 bits per heavy atom. The molecule has 0 amide bonds. The molecule has 0 aliphatic carbocycles. The molecule has 0 aromatic heterocycles. The van der Waals surface area contributed by atoms with E-state index in [1.54, 1.807) is 12.1 Å². The van der Waals surface area contributed by atoms with Gasteiger partial charge < -0.3 is 14.6 Å². The summed E-state index contributed by atoms with van der Waals surface area (Å²) in [5.74, 6) is -0.701. The summed E-state index contributed by atoms with van der Waals surface area (Å²) in [6.45, 7) is 0.195. The maximum absolute atomic E-state index is 11.3. The van der Waals surface area contributed by atoms with Crippen LogP contribution in [0.4, 0.5) is 4.79 Å². The van der Waals surface area contributed by atoms with E-state index < -0.39 is 12.1 Å². The molecule has 0 aliphatic heterocycles. The quantitative estimate of drug-likeness (QED) is 0.373. The normalized spacial score (nSPS) is 9.83. The van der Waals surface area contributed by atoms with Gasteiger partial charge in [0.25, 0.3) is 0 Å². The van der Waals surface area contributed by atoms with Gasteiger partial charge in [-0.2, -0.15) is 0 Å². The van der Waals surface area contributed by atoms with Crippen LogP contribution < -0.4 is 4.74 Å². The van der Waals surface area contributed by atoms with Crippen LogP contribution in [0.2, 0.25) is 0 Å². The summed E-state index contributed by atoms with van der Waals surface area (Å²) < 4.78 is 9.58. The Labute approximate surface area is 109 Å². The molecule has 1 rings (SSSR count). The van der Waals surface area contributed by atoms with E-state index in [0.717, 1.165) is 6.42 Å². The van der Waals surface area contributed by atoms with Crippen molar-refractivity contribution in [1.29, 1.82) is 0 Å². The van der Waals surface area contributed by atoms with Gasteiger partial charge in [0.2, 0.25) is 0 Å². The molecule has 1 N–H and O–H groups in total. The van der Waals surface area contributed by atoms with Crippen molar-refractivity contribution in [2.45, 2.75) is 12.8 Å². The predicted molar refractivity (Wildman–Crippen MR) is 65.3 cm³/mol. The number of unbranched alkanes of at least 4 members (excludes halogenated alkanes) is 1. The fourth-order valence-corrected chi connectivity index (χ4v) is 1.39. The highest BCUT2D eigenvalue weighted by Crippen LogP contribution is 2.18. The molecule has 6 heteroatoms. The Morgan fingerprint density at radius 3 is 2.61 bits per heavy atom. The van der Waals surface area contributed by atoms with Gasteiger partial charge in [0.1, 0.15) is 11.3 Å². The number of hydrogen-bond acceptors (Lipinski definition) is 4. The van der Waals surface area contributed by atoms with E-state index in [-0.39, 0.29) is 17.9 Å². The average molecular weight is 273 g/mol. The number of alkyl halides is 1. The lowest BCUT2D eigenvalue weighted by Crippen LogP contribution is -2.13. The Bertz CT molecular complexity index is 419. The maximum Gasteiger partial charge on any atom is 0.513 e. The molecule has 0 saturated heterocycles. The first-order valence-electron chi connectivity index (χ1n) is 5.38. The van der Waals surface area contributed by atoms with Crippen LogP contribution in [-0.4, -0.2) is 29.7 Å². The third-order valence-corrected chi connectivity index (χ3v) is 2.33. The minimum atomic E-state index is -1.17. The number of halogens is 1. The van der Waals surface area contributed by atoms with Crippen molar-refractivity contribution in [2.24, 2.45) is 0 Å². The van der Waals surface area contributed by atoms with Crippen molar-refractivity contribution in [3.05, 3.63) is 29.8 Å². The Hall–Kier alpha value is -1.75. The van der Waals surface area contributed by atoms with Gasteiger partial charge >= 0.3 is 12.1 Å². The van der Waals surface area contributed by atoms with E-state index in [4.69, 9.17) is 26.2 Å². The molecule has 0 radical (unpaired) electrons. The first kappa shape index (κ1) is 14.3. The third-order valence-electron chi connectivity index (χ3n) is 2.06. The molecule has 0 spiro atoms. The van der Waals surface area contributed by atoms with Gasteiger partial charge in [-0.1, -0.05) is 12.1 Å². The smallest absolute Gasteiger partial charge is 0.478 e. The second-order valence-corrected chi connectivity index (χ2v) is 3.78. The molecule has 1 aromatic carbocycles. The van der Waals surface area contributed by atoms with Gasteiger partial charge in [-0.3, -0.25) is 0 Å². The number of ether oxygens (including phenoxy) is 2. The second-order valence-electron chi connectivity index (χ2n) is 3.40. The Kier molecular flexibility index (Phi) is 6.00. The minimum Gasteiger partial charge on any atom is -0.478 e. The van der Waals surface area contributed by atoms with E-state index in [9.17, 15) is 9.59 Å². The first-order valence-corrected chi connectivity index (χ1v) is 5.91. The number of carboxylic acids is 1. The van der Waals surface area contributed by atoms with E-state index >= 15 is 0 Å². The van der Waals surface area contributed by atoms with Gasteiger partial charge in [-0.25, -0.2) is 9.59 Å². The van der Waals surface area contributed by atoms with Crippen LogP contribution in [0.1, 0.15) is 23.2 Å². The van der Waals surface area contributed by atoms with Crippen molar-refractivity contribution in [3.8, 4) is 5.75 Å². The molecular formula is C12H13ClO5. The molecule has 98 valence electrons. The van der Waals surface area contributed by atoms with Gasteiger partial charge in [0.15, 0.2) is 0 Å². The highest BCUT2D eigenvalue weighted by molar-refractivity contribution is 6.17. The molecule has 18 heavy (non-hydrogen) atoms. The van der Waals surface area contributed by atoms with Crippen molar-refractivity contribution < 1.29 is 24.2 Å². The first-order chi connectivity index (χ1) is 8.65. The minimum absolute atomic E-state index is 0.0349. The number of benzene rings is 1. The van der Waals surface area contributed by atoms with Gasteiger partial charge in [0.05, 0.1) is 6.61 Å². The topological polar surface area (TPSA) is 72.8 Å². The van der Waals surface area contributed by atoms with Crippen LogP contribution in [0, 0.1) is 0 Å². The summed E-state index contributed by atoms with van der Waals surface area (Å²) in [6, 6.07) is 5.85. The van der Waals surface area contributed by atoms with E-state index in [2.05, 4.69) is 0 Å². The number of aromatic carboxylic acids is 1. The molecule has 0 saturated carbocycles. The average Bonchev–Trinajstić information content (AvgIpc) is 2.35. The lowest BCUT2D eigenvalue weighted by molar-refractivity contribution is 0.0689. The van der Waals surface area contributed by atoms with Crippen LogP contribution in [-0.2, 0) is 4.74 Å². The molecule has 0 bridgehead atoms. The summed E-state index contributed by atoms with van der Waals surface area (Å²) in [6.07, 6.45) is 0.456. The predicted octanol–water partition coefficient (Wildman–Crippen LogP) is 2.92. The van der Waals surface area contributed by atoms with Crippen molar-refractivity contribution in [1.82, 2.24) is 0 Å². The highest BCUT2D eigenvalue weighted by atomic mass is 35.5. The number of hydrogen-bond donors (Lipinski definition) is 1. The van der Waals surface area contributed by atoms with E-state index in [1.165, 1.54) is 12.1 Å². The zero-order chi connectivity index (χ0) is 13.4. The molecule has 5 nitrogen and oxygen atoms in total. The summed E-state index contributed by atoms with van der Waals surface area (Å²) >= 11 is 5.47. The monoisotopic (exact) mass is 272 g/mol. The number of carbonyl (C=O) groups excluding carboxylic acids is 1. The third kappa shape index (κ3) is 4.63. The van der Waals surface area contributed by atoms with E-state index in [0.29, 0.717) is 12.3 Å². The number of carbonyl (C=O) groups is 2. The van der Waals surface area contributed by atoms with E-state index in [1.807, 2.05) is 0 Å². The SMILES string of the molecule is O=C(OCCCCCl)Oc1ccccc1C(=O)O. The van der Waals surface area contributed by atoms with Crippen LogP contribution in [0.15, 0.2) is 24.3 Å². The maximum atomic E-state index is 11.3. The number of carboxylic acid groups (broad SMARTS) is 1. The summed E-state index contributed by atoms with van der Waals surface area (Å²) in [7, 11) is 0. The molecule has 0 aliphatic rings. The Morgan fingerprint density at radius 1 is 1.22 bits per heavy atom. The van der Waals surface area contributed by atoms with Gasteiger partial charge in [-0.05, 0) is 25.0 Å². The van der Waals surface area contributed by atoms with Crippen molar-refractivity contribution in [3.63, 3.8) is 0 Å². The van der Waals surface area contributed by atoms with Crippen molar-refractivity contribution in [2.75, 3.05) is 12.5 Å². The Balaban J connectivity index is 2.51. The zero-order valence-electron chi connectivity index (χ0n) is 9.60. The molecule has 0 unspecified atom stereocenters. The molecule has 0 fully saturated rings. The van der Waals surface area contributed by atoms with Crippen molar-refractivity contribution >= 4 is 23.7 Å². The fraction of sp³-hybridized carbons (Fsp3) is 0.333. The van der Waals surface area contributed by atoms with Gasteiger partial charge in [-0.15, -0.1) is 11.6 Å². The lowest BCUT2D eigenvalue weighted by Gasteiger charge is -2.07. The molecular weight excluding hydrogens is 260 g/mol. The number of rotatable bonds is 6. The highest BCUT2D eigenvalue weighted by Gasteiger charge is 2.14. The summed E-state index contributed by atoms with van der Waals surface area (Å²) in [5.41, 5.74) is -0.0878. The van der Waals surface area contributed by atoms with Crippen LogP contribution >= 0.6 is 11.6 Å². The van der Waals surface area contributed by atoms with Gasteiger partial charge in [0, 0.05) is 5.88 Å².